The molecule has 1 rings (SSSR count). The molecule has 2 amide bonds. The molecule has 1 aromatic carbocycles. The lowest BCUT2D eigenvalue weighted by molar-refractivity contribution is -0.120. The van der Waals surface area contributed by atoms with Gasteiger partial charge in [-0.05, 0) is 18.1 Å². The number of rotatable bonds is 6. The number of anilines is 1. The van der Waals surface area contributed by atoms with Crippen LogP contribution >= 0.6 is 12.4 Å². The summed E-state index contributed by atoms with van der Waals surface area (Å²) in [5, 5.41) is 5.52. The lowest BCUT2D eigenvalue weighted by atomic mass is 9.97. The third-order valence-corrected chi connectivity index (χ3v) is 3.27. The quantitative estimate of drug-likeness (QED) is 0.751. The summed E-state index contributed by atoms with van der Waals surface area (Å²) < 4.78 is 0. The molecule has 21 heavy (non-hydrogen) atoms. The van der Waals surface area contributed by atoms with Crippen LogP contribution in [0, 0.1) is 11.8 Å². The Labute approximate surface area is 132 Å². The fraction of sp³-hybridized carbons (Fsp3) is 0.467. The smallest absolute Gasteiger partial charge is 0.253 e. The number of benzene rings is 1. The number of carbonyl (C=O) groups is 2. The van der Waals surface area contributed by atoms with Gasteiger partial charge in [-0.1, -0.05) is 32.9 Å². The molecule has 0 aliphatic heterocycles. The van der Waals surface area contributed by atoms with Crippen LogP contribution in [-0.4, -0.2) is 24.9 Å². The van der Waals surface area contributed by atoms with Crippen molar-refractivity contribution in [1.82, 2.24) is 5.32 Å². The number of nitrogens with two attached hydrogens (primary N) is 1. The van der Waals surface area contributed by atoms with Crippen LogP contribution in [0.2, 0.25) is 0 Å². The minimum atomic E-state index is -0.233. The van der Waals surface area contributed by atoms with E-state index in [-0.39, 0.29) is 36.1 Å². The number of nitrogens with one attached hydrogen (secondary N) is 2. The molecular weight excluding hydrogens is 290 g/mol. The average molecular weight is 314 g/mol. The van der Waals surface area contributed by atoms with Gasteiger partial charge >= 0.3 is 0 Å². The first-order valence-electron chi connectivity index (χ1n) is 6.85. The molecule has 0 aliphatic rings. The molecule has 1 atom stereocenters. The molecule has 0 aromatic heterocycles. The highest BCUT2D eigenvalue weighted by Crippen LogP contribution is 2.18. The zero-order valence-electron chi connectivity index (χ0n) is 12.7. The van der Waals surface area contributed by atoms with Crippen LogP contribution in [0.5, 0.6) is 0 Å². The minimum Gasteiger partial charge on any atom is -0.351 e. The number of halogens is 1. The van der Waals surface area contributed by atoms with Crippen LogP contribution in [0.3, 0.4) is 0 Å². The van der Waals surface area contributed by atoms with Crippen LogP contribution in [0.15, 0.2) is 24.3 Å². The summed E-state index contributed by atoms with van der Waals surface area (Å²) in [5.41, 5.74) is 6.34. The van der Waals surface area contributed by atoms with E-state index in [2.05, 4.69) is 10.6 Å². The van der Waals surface area contributed by atoms with E-state index in [9.17, 15) is 9.59 Å². The highest BCUT2D eigenvalue weighted by Gasteiger charge is 2.19. The van der Waals surface area contributed by atoms with Gasteiger partial charge in [-0.15, -0.1) is 12.4 Å². The van der Waals surface area contributed by atoms with Crippen molar-refractivity contribution < 1.29 is 9.59 Å². The van der Waals surface area contributed by atoms with E-state index in [0.717, 1.165) is 0 Å². The minimum absolute atomic E-state index is 0. The zero-order valence-corrected chi connectivity index (χ0v) is 13.5. The van der Waals surface area contributed by atoms with Crippen molar-refractivity contribution in [1.29, 1.82) is 0 Å². The number of para-hydroxylation sites is 1. The number of hydrogen-bond donors (Lipinski definition) is 3. The van der Waals surface area contributed by atoms with E-state index in [1.165, 1.54) is 0 Å². The molecular formula is C15H24ClN3O2. The maximum absolute atomic E-state index is 12.1. The SMILES string of the molecule is CC(C)C(C)C(=O)Nc1ccccc1C(=O)NCCN.Cl. The molecule has 1 aromatic rings. The molecule has 0 saturated carbocycles. The Bertz CT molecular complexity index is 478. The first-order valence-corrected chi connectivity index (χ1v) is 6.85. The molecule has 0 saturated heterocycles. The maximum Gasteiger partial charge on any atom is 0.253 e. The Morgan fingerprint density at radius 3 is 2.38 bits per heavy atom. The van der Waals surface area contributed by atoms with E-state index in [4.69, 9.17) is 5.73 Å². The van der Waals surface area contributed by atoms with E-state index in [1.54, 1.807) is 24.3 Å². The standard InChI is InChI=1S/C15H23N3O2.ClH/c1-10(2)11(3)14(19)18-13-7-5-4-6-12(13)15(20)17-9-8-16;/h4-7,10-11H,8-9,16H2,1-3H3,(H,17,20)(H,18,19);1H. The molecule has 0 bridgehead atoms. The fourth-order valence-electron chi connectivity index (χ4n) is 1.62. The van der Waals surface area contributed by atoms with Crippen LogP contribution in [0.4, 0.5) is 5.69 Å². The molecule has 6 heteroatoms. The van der Waals surface area contributed by atoms with Crippen LogP contribution in [-0.2, 0) is 4.79 Å². The molecule has 0 spiro atoms. The van der Waals surface area contributed by atoms with E-state index in [1.807, 2.05) is 20.8 Å². The van der Waals surface area contributed by atoms with E-state index in [0.29, 0.717) is 24.3 Å². The van der Waals surface area contributed by atoms with Gasteiger partial charge in [-0.25, -0.2) is 0 Å². The topological polar surface area (TPSA) is 84.2 Å². The molecule has 1 unspecified atom stereocenters. The summed E-state index contributed by atoms with van der Waals surface area (Å²) in [5.74, 6) is -0.189. The number of hydrogen-bond acceptors (Lipinski definition) is 3. The van der Waals surface area contributed by atoms with Crippen molar-refractivity contribution >= 4 is 29.9 Å². The average Bonchev–Trinajstić information content (AvgIpc) is 2.44. The van der Waals surface area contributed by atoms with Gasteiger partial charge in [-0.2, -0.15) is 0 Å². The van der Waals surface area contributed by atoms with Crippen LogP contribution in [0.1, 0.15) is 31.1 Å². The van der Waals surface area contributed by atoms with Gasteiger partial charge in [0.05, 0.1) is 11.3 Å². The summed E-state index contributed by atoms with van der Waals surface area (Å²) >= 11 is 0. The lowest BCUT2D eigenvalue weighted by Gasteiger charge is -2.17. The third kappa shape index (κ3) is 5.73. The second-order valence-electron chi connectivity index (χ2n) is 5.11. The molecule has 0 fully saturated rings. The maximum atomic E-state index is 12.1. The van der Waals surface area contributed by atoms with Crippen LogP contribution in [0.25, 0.3) is 0 Å². The summed E-state index contributed by atoms with van der Waals surface area (Å²) in [6.07, 6.45) is 0. The second-order valence-corrected chi connectivity index (χ2v) is 5.11. The number of carbonyl (C=O) groups excluding carboxylic acids is 2. The van der Waals surface area contributed by atoms with Crippen molar-refractivity contribution in [2.24, 2.45) is 17.6 Å². The van der Waals surface area contributed by atoms with Gasteiger partial charge in [0, 0.05) is 19.0 Å². The Morgan fingerprint density at radius 2 is 1.81 bits per heavy atom. The Hall–Kier alpha value is -1.59. The van der Waals surface area contributed by atoms with Crippen molar-refractivity contribution in [3.8, 4) is 0 Å². The van der Waals surface area contributed by atoms with Gasteiger partial charge in [0.2, 0.25) is 5.91 Å². The first-order chi connectivity index (χ1) is 9.47. The van der Waals surface area contributed by atoms with Crippen molar-refractivity contribution in [2.45, 2.75) is 20.8 Å². The first kappa shape index (κ1) is 19.4. The molecule has 118 valence electrons. The van der Waals surface area contributed by atoms with Gasteiger partial charge in [0.25, 0.3) is 5.91 Å². The van der Waals surface area contributed by atoms with Crippen LogP contribution < -0.4 is 16.4 Å². The predicted molar refractivity (Wildman–Crippen MR) is 87.7 cm³/mol. The Morgan fingerprint density at radius 1 is 1.19 bits per heavy atom. The molecule has 0 radical (unpaired) electrons. The normalized spacial score (nSPS) is 11.5. The largest absolute Gasteiger partial charge is 0.351 e. The predicted octanol–water partition coefficient (Wildman–Crippen LogP) is 2.03. The highest BCUT2D eigenvalue weighted by atomic mass is 35.5. The van der Waals surface area contributed by atoms with Gasteiger partial charge in [0.1, 0.15) is 0 Å². The second kappa shape index (κ2) is 9.37. The van der Waals surface area contributed by atoms with Gasteiger partial charge < -0.3 is 16.4 Å². The third-order valence-electron chi connectivity index (χ3n) is 3.27. The van der Waals surface area contributed by atoms with Crippen molar-refractivity contribution in [3.05, 3.63) is 29.8 Å². The van der Waals surface area contributed by atoms with Gasteiger partial charge in [-0.3, -0.25) is 9.59 Å². The zero-order chi connectivity index (χ0) is 15.1. The Balaban J connectivity index is 0.00000400. The van der Waals surface area contributed by atoms with Crippen molar-refractivity contribution in [2.75, 3.05) is 18.4 Å². The summed E-state index contributed by atoms with van der Waals surface area (Å²) in [6, 6.07) is 6.96. The molecule has 0 heterocycles. The monoisotopic (exact) mass is 313 g/mol. The fourth-order valence-corrected chi connectivity index (χ4v) is 1.62. The summed E-state index contributed by atoms with van der Waals surface area (Å²) in [4.78, 5) is 24.1. The van der Waals surface area contributed by atoms with Crippen molar-refractivity contribution in [3.63, 3.8) is 0 Å². The highest BCUT2D eigenvalue weighted by molar-refractivity contribution is 6.04. The summed E-state index contributed by atoms with van der Waals surface area (Å²) in [6.45, 7) is 6.64. The molecule has 5 nitrogen and oxygen atoms in total. The Kier molecular flexibility index (Phi) is 8.66. The molecule has 0 aliphatic carbocycles. The summed E-state index contributed by atoms with van der Waals surface area (Å²) in [7, 11) is 0. The van der Waals surface area contributed by atoms with E-state index < -0.39 is 0 Å². The lowest BCUT2D eigenvalue weighted by Crippen LogP contribution is -2.31. The van der Waals surface area contributed by atoms with E-state index >= 15 is 0 Å². The number of amides is 2. The molecule has 4 N–H and O–H groups in total. The van der Waals surface area contributed by atoms with Gasteiger partial charge in [0.15, 0.2) is 0 Å².